The maximum atomic E-state index is 12.9. The van der Waals surface area contributed by atoms with Gasteiger partial charge in [-0.1, -0.05) is 11.6 Å². The van der Waals surface area contributed by atoms with Crippen LogP contribution in [0.1, 0.15) is 22.9 Å². The number of Topliss-reactive ketones (excluding diaryl/α,β-unsaturated/α-hetero) is 1. The average Bonchev–Trinajstić information content (AvgIpc) is 2.97. The Morgan fingerprint density at radius 3 is 2.46 bits per heavy atom. The minimum Gasteiger partial charge on any atom is -0.298 e. The van der Waals surface area contributed by atoms with Gasteiger partial charge in [-0.25, -0.2) is 9.36 Å². The smallest absolute Gasteiger partial charge is 0.298 e. The first-order chi connectivity index (χ1) is 12.1. The number of rotatable bonds is 2. The largest absolute Gasteiger partial charge is 0.431 e. The quantitative estimate of drug-likeness (QED) is 0.772. The summed E-state index contributed by atoms with van der Waals surface area (Å²) in [5, 5.41) is -0.227. The molecule has 1 aliphatic rings. The van der Waals surface area contributed by atoms with Crippen molar-refractivity contribution in [1.29, 1.82) is 0 Å². The molecule has 0 spiro atoms. The van der Waals surface area contributed by atoms with E-state index >= 15 is 0 Å². The molecular weight excluding hydrogens is 393 g/mol. The van der Waals surface area contributed by atoms with Crippen LogP contribution in [0.4, 0.5) is 13.2 Å². The van der Waals surface area contributed by atoms with Crippen LogP contribution >= 0.6 is 23.4 Å². The van der Waals surface area contributed by atoms with Crippen LogP contribution < -0.4 is 11.2 Å². The molecule has 10 heteroatoms. The standard InChI is InChI=1S/C16H12ClF3N2O3S/c1-21-12(16(18,19)20)7-13(24)22(15(21)25)8-2-3-10(17)9(6-8)14-11(23)4-5-26-14/h2-3,6-7,14H,4-5H2,1H3. The van der Waals surface area contributed by atoms with Gasteiger partial charge in [-0.2, -0.15) is 13.2 Å². The molecule has 1 fully saturated rings. The van der Waals surface area contributed by atoms with E-state index in [1.807, 2.05) is 0 Å². The summed E-state index contributed by atoms with van der Waals surface area (Å²) in [6, 6.07) is 4.54. The molecule has 1 unspecified atom stereocenters. The Labute approximate surface area is 154 Å². The number of hydrogen-bond acceptors (Lipinski definition) is 4. The normalized spacial score (nSPS) is 17.7. The number of aromatic nitrogens is 2. The van der Waals surface area contributed by atoms with Crippen LogP contribution in [-0.2, 0) is 18.0 Å². The Kier molecular flexibility index (Phi) is 4.78. The zero-order valence-corrected chi connectivity index (χ0v) is 14.9. The van der Waals surface area contributed by atoms with Gasteiger partial charge in [0, 0.05) is 30.3 Å². The van der Waals surface area contributed by atoms with Gasteiger partial charge in [-0.15, -0.1) is 11.8 Å². The highest BCUT2D eigenvalue weighted by Crippen LogP contribution is 2.40. The summed E-state index contributed by atoms with van der Waals surface area (Å²) in [7, 11) is 0.939. The Balaban J connectivity index is 2.19. The molecule has 26 heavy (non-hydrogen) atoms. The van der Waals surface area contributed by atoms with E-state index in [-0.39, 0.29) is 11.5 Å². The molecule has 5 nitrogen and oxygen atoms in total. The van der Waals surface area contributed by atoms with Gasteiger partial charge >= 0.3 is 11.9 Å². The molecule has 2 aromatic rings. The minimum absolute atomic E-state index is 0.0262. The fourth-order valence-electron chi connectivity index (χ4n) is 2.77. The Bertz CT molecular complexity index is 1010. The van der Waals surface area contributed by atoms with Crippen molar-refractivity contribution in [3.8, 4) is 5.69 Å². The van der Waals surface area contributed by atoms with Crippen molar-refractivity contribution in [2.75, 3.05) is 5.75 Å². The van der Waals surface area contributed by atoms with Gasteiger partial charge in [0.25, 0.3) is 5.56 Å². The highest BCUT2D eigenvalue weighted by Gasteiger charge is 2.35. The van der Waals surface area contributed by atoms with Gasteiger partial charge in [-0.3, -0.25) is 14.2 Å². The molecule has 1 aromatic heterocycles. The molecule has 0 bridgehead atoms. The fourth-order valence-corrected chi connectivity index (χ4v) is 4.30. The van der Waals surface area contributed by atoms with Crippen molar-refractivity contribution in [2.45, 2.75) is 17.8 Å². The molecule has 1 aliphatic heterocycles. The number of alkyl halides is 3. The SMILES string of the molecule is Cn1c(C(F)(F)F)cc(=O)n(-c2ccc(Cl)c(C3SCCC3=O)c2)c1=O. The second kappa shape index (κ2) is 6.62. The summed E-state index contributed by atoms with van der Waals surface area (Å²) in [6.07, 6.45) is -4.44. The van der Waals surface area contributed by atoms with Crippen LogP contribution in [0.3, 0.4) is 0 Å². The predicted octanol–water partition coefficient (Wildman–Crippen LogP) is 2.96. The van der Waals surface area contributed by atoms with Gasteiger partial charge < -0.3 is 0 Å². The summed E-state index contributed by atoms with van der Waals surface area (Å²) in [4.78, 5) is 36.5. The molecule has 0 amide bonds. The third-order valence-electron chi connectivity index (χ3n) is 4.06. The van der Waals surface area contributed by atoms with Crippen molar-refractivity contribution in [1.82, 2.24) is 9.13 Å². The molecule has 138 valence electrons. The van der Waals surface area contributed by atoms with E-state index in [2.05, 4.69) is 0 Å². The van der Waals surface area contributed by atoms with Gasteiger partial charge in [0.05, 0.1) is 10.9 Å². The summed E-state index contributed by atoms with van der Waals surface area (Å²) in [5.74, 6) is 0.605. The third-order valence-corrected chi connectivity index (χ3v) is 5.69. The molecule has 0 radical (unpaired) electrons. The first-order valence-electron chi connectivity index (χ1n) is 7.45. The molecule has 0 aliphatic carbocycles. The van der Waals surface area contributed by atoms with Gasteiger partial charge in [0.1, 0.15) is 5.69 Å². The topological polar surface area (TPSA) is 61.1 Å². The second-order valence-electron chi connectivity index (χ2n) is 5.72. The van der Waals surface area contributed by atoms with Gasteiger partial charge in [-0.05, 0) is 23.8 Å². The monoisotopic (exact) mass is 404 g/mol. The van der Waals surface area contributed by atoms with E-state index in [1.54, 1.807) is 0 Å². The van der Waals surface area contributed by atoms with E-state index in [0.717, 1.165) is 7.05 Å². The molecule has 3 rings (SSSR count). The van der Waals surface area contributed by atoms with Crippen molar-refractivity contribution >= 4 is 29.1 Å². The zero-order valence-electron chi connectivity index (χ0n) is 13.3. The molecule has 1 saturated heterocycles. The highest BCUT2D eigenvalue weighted by atomic mass is 35.5. The molecule has 2 heterocycles. The highest BCUT2D eigenvalue weighted by molar-refractivity contribution is 8.00. The van der Waals surface area contributed by atoms with E-state index in [1.165, 1.54) is 30.0 Å². The Hall–Kier alpha value is -2.00. The molecule has 0 saturated carbocycles. The van der Waals surface area contributed by atoms with E-state index in [4.69, 9.17) is 11.6 Å². The number of halogens is 4. The summed E-state index contributed by atoms with van der Waals surface area (Å²) in [5.41, 5.74) is -3.09. The number of carbonyl (C=O) groups is 1. The average molecular weight is 405 g/mol. The van der Waals surface area contributed by atoms with Gasteiger partial charge in [0.2, 0.25) is 0 Å². The summed E-state index contributed by atoms with van der Waals surface area (Å²) >= 11 is 7.53. The molecule has 1 atom stereocenters. The zero-order chi connectivity index (χ0) is 19.2. The van der Waals surface area contributed by atoms with Crippen LogP contribution in [0.5, 0.6) is 0 Å². The Morgan fingerprint density at radius 2 is 1.88 bits per heavy atom. The van der Waals surface area contributed by atoms with E-state index in [0.29, 0.717) is 38.0 Å². The first kappa shape index (κ1) is 18.8. The molecular formula is C16H12ClF3N2O3S. The third kappa shape index (κ3) is 3.21. The lowest BCUT2D eigenvalue weighted by Gasteiger charge is -2.16. The summed E-state index contributed by atoms with van der Waals surface area (Å²) in [6.45, 7) is 0. The number of carbonyl (C=O) groups excluding carboxylic acids is 1. The van der Waals surface area contributed by atoms with Gasteiger partial charge in [0.15, 0.2) is 5.78 Å². The number of benzene rings is 1. The summed E-state index contributed by atoms with van der Waals surface area (Å²) < 4.78 is 39.8. The maximum absolute atomic E-state index is 12.9. The Morgan fingerprint density at radius 1 is 1.19 bits per heavy atom. The second-order valence-corrected chi connectivity index (χ2v) is 7.34. The van der Waals surface area contributed by atoms with Crippen LogP contribution in [0.2, 0.25) is 5.02 Å². The number of ketones is 1. The van der Waals surface area contributed by atoms with E-state index in [9.17, 15) is 27.6 Å². The van der Waals surface area contributed by atoms with Crippen LogP contribution in [-0.4, -0.2) is 20.7 Å². The van der Waals surface area contributed by atoms with Crippen molar-refractivity contribution in [3.05, 3.63) is 61.4 Å². The number of thioether (sulfide) groups is 1. The van der Waals surface area contributed by atoms with Crippen LogP contribution in [0.15, 0.2) is 33.9 Å². The van der Waals surface area contributed by atoms with Crippen molar-refractivity contribution in [2.24, 2.45) is 7.05 Å². The van der Waals surface area contributed by atoms with Crippen molar-refractivity contribution < 1.29 is 18.0 Å². The maximum Gasteiger partial charge on any atom is 0.431 e. The minimum atomic E-state index is -4.83. The van der Waals surface area contributed by atoms with Crippen LogP contribution in [0.25, 0.3) is 5.69 Å². The lowest BCUT2D eigenvalue weighted by atomic mass is 10.1. The number of nitrogens with zero attached hydrogens (tertiary/aromatic N) is 2. The molecule has 1 aromatic carbocycles. The number of hydrogen-bond donors (Lipinski definition) is 0. The van der Waals surface area contributed by atoms with Crippen molar-refractivity contribution in [3.63, 3.8) is 0 Å². The van der Waals surface area contributed by atoms with E-state index < -0.39 is 28.4 Å². The fraction of sp³-hybridized carbons (Fsp3) is 0.312. The predicted molar refractivity (Wildman–Crippen MR) is 92.1 cm³/mol. The first-order valence-corrected chi connectivity index (χ1v) is 8.88. The van der Waals surface area contributed by atoms with Crippen LogP contribution in [0, 0.1) is 0 Å². The molecule has 0 N–H and O–H groups in total. The lowest BCUT2D eigenvalue weighted by molar-refractivity contribution is -0.144. The lowest BCUT2D eigenvalue weighted by Crippen LogP contribution is -2.40.